The van der Waals surface area contributed by atoms with Gasteiger partial charge in [0.1, 0.15) is 5.84 Å². The Bertz CT molecular complexity index is 505. The number of nitrogens with zero attached hydrogens (tertiary/aromatic N) is 1. The molecule has 4 N–H and O–H groups in total. The summed E-state index contributed by atoms with van der Waals surface area (Å²) in [5.41, 5.74) is 7.39. The Balaban J connectivity index is 2.36. The number of hydrogen-bond acceptors (Lipinski definition) is 3. The van der Waals surface area contributed by atoms with Crippen LogP contribution in [0.15, 0.2) is 40.6 Å². The molecule has 4 nitrogen and oxygen atoms in total. The number of H-pyrrole nitrogens is 1. The molecule has 0 saturated heterocycles. The molecule has 0 fully saturated rings. The van der Waals surface area contributed by atoms with Gasteiger partial charge in [0.15, 0.2) is 5.16 Å². The van der Waals surface area contributed by atoms with Crippen LogP contribution in [0.5, 0.6) is 0 Å². The number of nitrogens with two attached hydrogens (primary N) is 1. The second-order valence-corrected chi connectivity index (χ2v) is 4.44. The predicted octanol–water partition coefficient (Wildman–Crippen LogP) is 2.15. The fraction of sp³-hybridized carbons (Fsp3) is 0.0909. The van der Waals surface area contributed by atoms with Crippen LogP contribution in [0.4, 0.5) is 0 Å². The second kappa shape index (κ2) is 4.40. The van der Waals surface area contributed by atoms with Crippen LogP contribution in [0.3, 0.4) is 0 Å². The van der Waals surface area contributed by atoms with Gasteiger partial charge in [-0.3, -0.25) is 5.41 Å². The smallest absolute Gasteiger partial charge is 0.170 e. The zero-order valence-corrected chi connectivity index (χ0v) is 9.64. The van der Waals surface area contributed by atoms with E-state index in [0.29, 0.717) is 0 Å². The average Bonchev–Trinajstić information content (AvgIpc) is 2.73. The third-order valence-corrected chi connectivity index (χ3v) is 3.10. The van der Waals surface area contributed by atoms with Gasteiger partial charge in [0, 0.05) is 22.9 Å². The average molecular weight is 232 g/mol. The highest BCUT2D eigenvalue weighted by Crippen LogP contribution is 2.28. The summed E-state index contributed by atoms with van der Waals surface area (Å²) in [7, 11) is 0. The van der Waals surface area contributed by atoms with Crippen molar-refractivity contribution in [2.75, 3.05) is 0 Å². The first-order valence-corrected chi connectivity index (χ1v) is 5.61. The number of nitrogen functional groups attached to an aromatic ring is 1. The summed E-state index contributed by atoms with van der Waals surface area (Å²) < 4.78 is 0. The molecule has 0 aliphatic heterocycles. The van der Waals surface area contributed by atoms with Gasteiger partial charge in [0.2, 0.25) is 0 Å². The van der Waals surface area contributed by atoms with Crippen molar-refractivity contribution in [1.82, 2.24) is 9.97 Å². The van der Waals surface area contributed by atoms with Gasteiger partial charge in [-0.1, -0.05) is 23.4 Å². The van der Waals surface area contributed by atoms with Gasteiger partial charge in [-0.05, 0) is 19.1 Å². The standard InChI is InChI=1S/C11H12N4S/c1-7-2-3-9(8(6-7)10(12)13)16-11-14-4-5-15-11/h2-6H,1H3,(H3,12,13)(H,14,15). The van der Waals surface area contributed by atoms with Gasteiger partial charge in [-0.25, -0.2) is 4.98 Å². The number of aryl methyl sites for hydroxylation is 1. The van der Waals surface area contributed by atoms with Crippen LogP contribution >= 0.6 is 11.8 Å². The van der Waals surface area contributed by atoms with E-state index < -0.39 is 0 Å². The van der Waals surface area contributed by atoms with Crippen LogP contribution in [0.25, 0.3) is 0 Å². The molecule has 1 heterocycles. The number of amidine groups is 1. The molecule has 0 aliphatic rings. The monoisotopic (exact) mass is 232 g/mol. The largest absolute Gasteiger partial charge is 0.384 e. The number of hydrogen-bond donors (Lipinski definition) is 3. The summed E-state index contributed by atoms with van der Waals surface area (Å²) in [6, 6.07) is 5.87. The molecule has 5 heteroatoms. The fourth-order valence-corrected chi connectivity index (χ4v) is 2.22. The van der Waals surface area contributed by atoms with Crippen molar-refractivity contribution < 1.29 is 0 Å². The molecule has 1 aromatic carbocycles. The maximum Gasteiger partial charge on any atom is 0.170 e. The molecule has 2 rings (SSSR count). The Kier molecular flexibility index (Phi) is 2.96. The zero-order chi connectivity index (χ0) is 11.5. The van der Waals surface area contributed by atoms with Crippen molar-refractivity contribution in [3.63, 3.8) is 0 Å². The van der Waals surface area contributed by atoms with Gasteiger partial charge >= 0.3 is 0 Å². The van der Waals surface area contributed by atoms with E-state index in [1.165, 1.54) is 11.8 Å². The minimum atomic E-state index is 0.0813. The van der Waals surface area contributed by atoms with Crippen LogP contribution < -0.4 is 5.73 Å². The third kappa shape index (κ3) is 2.25. The van der Waals surface area contributed by atoms with Crippen molar-refractivity contribution in [2.45, 2.75) is 17.0 Å². The summed E-state index contributed by atoms with van der Waals surface area (Å²) in [4.78, 5) is 8.08. The molecule has 0 radical (unpaired) electrons. The van der Waals surface area contributed by atoms with E-state index >= 15 is 0 Å². The van der Waals surface area contributed by atoms with Crippen LogP contribution in [0.1, 0.15) is 11.1 Å². The Morgan fingerprint density at radius 2 is 2.31 bits per heavy atom. The van der Waals surface area contributed by atoms with Gasteiger partial charge < -0.3 is 10.7 Å². The van der Waals surface area contributed by atoms with Crippen molar-refractivity contribution >= 4 is 17.6 Å². The van der Waals surface area contributed by atoms with Gasteiger partial charge in [-0.2, -0.15) is 0 Å². The Morgan fingerprint density at radius 1 is 1.50 bits per heavy atom. The van der Waals surface area contributed by atoms with Crippen molar-refractivity contribution in [1.29, 1.82) is 5.41 Å². The maximum absolute atomic E-state index is 7.54. The Hall–Kier alpha value is -1.75. The van der Waals surface area contributed by atoms with Crippen molar-refractivity contribution in [3.8, 4) is 0 Å². The quantitative estimate of drug-likeness (QED) is 0.560. The lowest BCUT2D eigenvalue weighted by Crippen LogP contribution is -2.12. The van der Waals surface area contributed by atoms with Crippen LogP contribution in [0.2, 0.25) is 0 Å². The molecule has 0 aliphatic carbocycles. The minimum Gasteiger partial charge on any atom is -0.384 e. The molecule has 82 valence electrons. The third-order valence-electron chi connectivity index (χ3n) is 2.11. The van der Waals surface area contributed by atoms with Gasteiger partial charge in [-0.15, -0.1) is 0 Å². The van der Waals surface area contributed by atoms with E-state index in [9.17, 15) is 0 Å². The summed E-state index contributed by atoms with van der Waals surface area (Å²) in [6.07, 6.45) is 3.47. The fourth-order valence-electron chi connectivity index (χ4n) is 1.35. The first-order chi connectivity index (χ1) is 7.66. The normalized spacial score (nSPS) is 10.3. The molecular formula is C11H12N4S. The second-order valence-electron chi connectivity index (χ2n) is 3.41. The predicted molar refractivity (Wildman–Crippen MR) is 64.9 cm³/mol. The number of rotatable bonds is 3. The summed E-state index contributed by atoms with van der Waals surface area (Å²) in [5, 5.41) is 8.33. The van der Waals surface area contributed by atoms with E-state index in [1.54, 1.807) is 12.4 Å². The van der Waals surface area contributed by atoms with Crippen LogP contribution in [0, 0.1) is 12.3 Å². The lowest BCUT2D eigenvalue weighted by atomic mass is 10.1. The number of aromatic nitrogens is 2. The number of benzene rings is 1. The number of aromatic amines is 1. The van der Waals surface area contributed by atoms with Crippen LogP contribution in [-0.2, 0) is 0 Å². The molecule has 0 saturated carbocycles. The van der Waals surface area contributed by atoms with Gasteiger partial charge in [0.05, 0.1) is 0 Å². The van der Waals surface area contributed by atoms with Crippen molar-refractivity contribution in [2.24, 2.45) is 5.73 Å². The lowest BCUT2D eigenvalue weighted by Gasteiger charge is -2.07. The Labute approximate surface area is 97.8 Å². The highest BCUT2D eigenvalue weighted by Gasteiger charge is 2.08. The first-order valence-electron chi connectivity index (χ1n) is 4.79. The van der Waals surface area contributed by atoms with E-state index in [4.69, 9.17) is 11.1 Å². The maximum atomic E-state index is 7.54. The number of nitrogens with one attached hydrogen (secondary N) is 2. The molecule has 16 heavy (non-hydrogen) atoms. The van der Waals surface area contributed by atoms with E-state index in [2.05, 4.69) is 9.97 Å². The first kappa shape index (κ1) is 10.8. The molecule has 0 atom stereocenters. The lowest BCUT2D eigenvalue weighted by molar-refractivity contribution is 1.06. The van der Waals surface area contributed by atoms with Crippen LogP contribution in [-0.4, -0.2) is 15.8 Å². The van der Waals surface area contributed by atoms with E-state index in [1.807, 2.05) is 25.1 Å². The van der Waals surface area contributed by atoms with E-state index in [0.717, 1.165) is 21.2 Å². The topological polar surface area (TPSA) is 78.5 Å². The summed E-state index contributed by atoms with van der Waals surface area (Å²) in [5.74, 6) is 0.0813. The summed E-state index contributed by atoms with van der Waals surface area (Å²) in [6.45, 7) is 1.98. The SMILES string of the molecule is Cc1ccc(Sc2ncc[nH]2)c(C(=N)N)c1. The molecule has 0 unspecified atom stereocenters. The number of imidazole rings is 1. The minimum absolute atomic E-state index is 0.0813. The van der Waals surface area contributed by atoms with E-state index in [-0.39, 0.29) is 5.84 Å². The molecule has 0 amide bonds. The molecule has 1 aromatic heterocycles. The van der Waals surface area contributed by atoms with Crippen molar-refractivity contribution in [3.05, 3.63) is 41.7 Å². The molecular weight excluding hydrogens is 220 g/mol. The molecule has 0 bridgehead atoms. The highest BCUT2D eigenvalue weighted by molar-refractivity contribution is 7.99. The van der Waals surface area contributed by atoms with Gasteiger partial charge in [0.25, 0.3) is 0 Å². The highest BCUT2D eigenvalue weighted by atomic mass is 32.2. The Morgan fingerprint density at radius 3 is 2.94 bits per heavy atom. The summed E-state index contributed by atoms with van der Waals surface area (Å²) >= 11 is 1.47. The zero-order valence-electron chi connectivity index (χ0n) is 8.82. The molecule has 0 spiro atoms. The molecule has 2 aromatic rings.